The molecule has 10 atom stereocenters. The third-order valence-electron chi connectivity index (χ3n) is 6.82. The molecule has 4 heterocycles. The molecule has 22 heteroatoms. The molecule has 248 valence electrons. The number of phosphoric acid groups is 2. The molecule has 0 aromatic carbocycles. The number of nitrogens with zero attached hydrogens (tertiary/aromatic N) is 4. The maximum Gasteiger partial charge on any atom is 0.481 e. The number of fused-ring (bicyclic) bond motifs is 1. The first-order chi connectivity index (χ1) is 20.7. The van der Waals surface area contributed by atoms with Gasteiger partial charge in [-0.05, 0) is 6.42 Å². The number of ether oxygens (including phenoxy) is 3. The predicted octanol–water partition coefficient (Wildman–Crippen LogP) is -0.761. The predicted molar refractivity (Wildman–Crippen MR) is 144 cm³/mol. The molecule has 44 heavy (non-hydrogen) atoms. The highest BCUT2D eigenvalue weighted by Crippen LogP contribution is 2.60. The molecule has 0 aliphatic carbocycles. The van der Waals surface area contributed by atoms with Crippen molar-refractivity contribution in [3.05, 3.63) is 12.7 Å². The number of phosphoric ester groups is 2. The van der Waals surface area contributed by atoms with Crippen LogP contribution in [0.15, 0.2) is 12.7 Å². The van der Waals surface area contributed by atoms with Crippen LogP contribution in [0.5, 0.6) is 0 Å². The van der Waals surface area contributed by atoms with Gasteiger partial charge in [0.05, 0.1) is 19.5 Å². The molecule has 2 aromatic heterocycles. The minimum Gasteiger partial charge on any atom is -0.456 e. The van der Waals surface area contributed by atoms with Gasteiger partial charge >= 0.3 is 21.6 Å². The van der Waals surface area contributed by atoms with E-state index in [-0.39, 0.29) is 23.4 Å². The Morgan fingerprint density at radius 3 is 2.32 bits per heavy atom. The molecule has 3 unspecified atom stereocenters. The van der Waals surface area contributed by atoms with Crippen LogP contribution in [0.3, 0.4) is 0 Å². The van der Waals surface area contributed by atoms with Crippen LogP contribution in [0.2, 0.25) is 0 Å². The van der Waals surface area contributed by atoms with Crippen LogP contribution in [0, 0.1) is 0 Å². The van der Waals surface area contributed by atoms with E-state index in [1.165, 1.54) is 10.9 Å². The van der Waals surface area contributed by atoms with E-state index in [0.29, 0.717) is 6.42 Å². The molecular formula is C22H35N5O15P2. The molecule has 2 aliphatic heterocycles. The number of aromatic nitrogens is 4. The molecule has 2 aliphatic rings. The number of esters is 1. The number of carbonyl (C=O) groups is 1. The molecule has 20 nitrogen and oxygen atoms in total. The Morgan fingerprint density at radius 2 is 1.64 bits per heavy atom. The monoisotopic (exact) mass is 671 g/mol. The van der Waals surface area contributed by atoms with Crippen LogP contribution < -0.4 is 5.73 Å². The van der Waals surface area contributed by atoms with E-state index >= 15 is 0 Å². The average molecular weight is 671 g/mol. The standard InChI is InChI=1S/C22H35N5O15P2/c1-2-3-4-5-6-13(28)41-18-12(40-22(32)17(18)31)8-38-44(35,36)42-43(33,34)37-7-11-15(29)16(30)21(39-11)27-10-26-14-19(23)24-9-25-20(14)27/h9-12,15-18,21-22,29-32H,2-8H2,1H3,(H,33,34)(H,35,36)(H2,23,24,25)/t11-,12+,15-,16-,17+,18+,21-,22?/m1/s1. The number of hydrogen-bond acceptors (Lipinski definition) is 17. The maximum absolute atomic E-state index is 12.4. The van der Waals surface area contributed by atoms with Crippen molar-refractivity contribution >= 4 is 38.6 Å². The van der Waals surface area contributed by atoms with Crippen LogP contribution in [-0.4, -0.2) is 112 Å². The molecule has 0 bridgehead atoms. The van der Waals surface area contributed by atoms with Crippen molar-refractivity contribution in [1.29, 1.82) is 0 Å². The molecule has 0 spiro atoms. The fraction of sp³-hybridized carbons (Fsp3) is 0.727. The lowest BCUT2D eigenvalue weighted by atomic mass is 10.1. The lowest BCUT2D eigenvalue weighted by Crippen LogP contribution is -2.38. The zero-order valence-electron chi connectivity index (χ0n) is 23.3. The van der Waals surface area contributed by atoms with E-state index in [2.05, 4.69) is 23.8 Å². The first-order valence-electron chi connectivity index (χ1n) is 13.5. The normalized spacial score (nSPS) is 31.6. The summed E-state index contributed by atoms with van der Waals surface area (Å²) in [5.74, 6) is -0.649. The van der Waals surface area contributed by atoms with Gasteiger partial charge < -0.3 is 50.2 Å². The summed E-state index contributed by atoms with van der Waals surface area (Å²) >= 11 is 0. The van der Waals surface area contributed by atoms with Crippen LogP contribution in [0.4, 0.5) is 5.82 Å². The summed E-state index contributed by atoms with van der Waals surface area (Å²) < 4.78 is 55.5. The molecule has 0 radical (unpaired) electrons. The van der Waals surface area contributed by atoms with Crippen molar-refractivity contribution in [3.63, 3.8) is 0 Å². The Kier molecular flexibility index (Phi) is 11.4. The van der Waals surface area contributed by atoms with E-state index in [0.717, 1.165) is 25.6 Å². The third-order valence-corrected chi connectivity index (χ3v) is 9.42. The van der Waals surface area contributed by atoms with Crippen molar-refractivity contribution in [2.75, 3.05) is 18.9 Å². The van der Waals surface area contributed by atoms with Gasteiger partial charge in [-0.2, -0.15) is 4.31 Å². The number of nitrogen functional groups attached to an aromatic ring is 1. The molecule has 2 saturated heterocycles. The second kappa shape index (κ2) is 14.5. The first kappa shape index (κ1) is 34.7. The Balaban J connectivity index is 1.29. The van der Waals surface area contributed by atoms with Crippen LogP contribution in [0.1, 0.15) is 45.3 Å². The second-order valence-corrected chi connectivity index (χ2v) is 13.1. The minimum absolute atomic E-state index is 0.0264. The average Bonchev–Trinajstić information content (AvgIpc) is 3.59. The largest absolute Gasteiger partial charge is 0.481 e. The SMILES string of the molecule is CCCCCCC(=O)O[C@H]1[C@H](COP(=O)(O)OP(=O)(O)OC[C@H]2O[C@@H](n3cnc4c(N)ncnc43)[C@H](O)[C@@H]2O)OC(O)[C@H]1O. The Hall–Kier alpha value is -2.16. The van der Waals surface area contributed by atoms with Crippen LogP contribution in [0.25, 0.3) is 11.2 Å². The minimum atomic E-state index is -5.38. The molecule has 4 rings (SSSR count). The summed E-state index contributed by atoms with van der Waals surface area (Å²) in [4.78, 5) is 44.0. The van der Waals surface area contributed by atoms with E-state index in [1.807, 2.05) is 6.92 Å². The second-order valence-electron chi connectivity index (χ2n) is 10.1. The number of unbranched alkanes of at least 4 members (excludes halogenated alkanes) is 3. The van der Waals surface area contributed by atoms with Crippen LogP contribution >= 0.6 is 15.6 Å². The van der Waals surface area contributed by atoms with Crippen molar-refractivity contribution < 1.29 is 71.7 Å². The number of imidazole rings is 1. The number of rotatable bonds is 15. The van der Waals surface area contributed by atoms with Gasteiger partial charge in [-0.3, -0.25) is 18.4 Å². The Labute approximate surface area is 249 Å². The van der Waals surface area contributed by atoms with E-state index < -0.39 is 84.0 Å². The van der Waals surface area contributed by atoms with Gasteiger partial charge in [-0.15, -0.1) is 0 Å². The highest BCUT2D eigenvalue weighted by molar-refractivity contribution is 7.61. The lowest BCUT2D eigenvalue weighted by Gasteiger charge is -2.22. The zero-order chi connectivity index (χ0) is 32.2. The molecule has 2 fully saturated rings. The van der Waals surface area contributed by atoms with Gasteiger partial charge in [0.25, 0.3) is 0 Å². The summed E-state index contributed by atoms with van der Waals surface area (Å²) in [6, 6.07) is 0. The quantitative estimate of drug-likeness (QED) is 0.0695. The number of carbonyl (C=O) groups excluding carboxylic acids is 1. The van der Waals surface area contributed by atoms with E-state index in [4.69, 9.17) is 24.5 Å². The zero-order valence-corrected chi connectivity index (χ0v) is 25.1. The van der Waals surface area contributed by atoms with Crippen LogP contribution in [-0.2, 0) is 41.5 Å². The number of aliphatic hydroxyl groups excluding tert-OH is 4. The van der Waals surface area contributed by atoms with Gasteiger partial charge in [0.2, 0.25) is 0 Å². The summed E-state index contributed by atoms with van der Waals surface area (Å²) in [7, 11) is -10.7. The van der Waals surface area contributed by atoms with Gasteiger partial charge in [-0.25, -0.2) is 24.1 Å². The number of nitrogens with two attached hydrogens (primary N) is 1. The topological polar surface area (TPSA) is 298 Å². The molecule has 0 saturated carbocycles. The smallest absolute Gasteiger partial charge is 0.456 e. The fourth-order valence-corrected chi connectivity index (χ4v) is 6.66. The third kappa shape index (κ3) is 8.35. The Bertz CT molecular complexity index is 1380. The summed E-state index contributed by atoms with van der Waals surface area (Å²) in [6.45, 7) is 0.183. The Morgan fingerprint density at radius 1 is 0.955 bits per heavy atom. The number of hydrogen-bond donors (Lipinski definition) is 7. The summed E-state index contributed by atoms with van der Waals surface area (Å²) in [5, 5.41) is 40.8. The maximum atomic E-state index is 12.4. The first-order valence-corrected chi connectivity index (χ1v) is 16.5. The summed E-state index contributed by atoms with van der Waals surface area (Å²) in [5.41, 5.74) is 6.11. The van der Waals surface area contributed by atoms with Gasteiger partial charge in [-0.1, -0.05) is 26.2 Å². The van der Waals surface area contributed by atoms with E-state index in [9.17, 15) is 44.1 Å². The van der Waals surface area contributed by atoms with Gasteiger partial charge in [0, 0.05) is 6.42 Å². The molecule has 8 N–H and O–H groups in total. The number of aliphatic hydroxyl groups is 4. The van der Waals surface area contributed by atoms with Crippen molar-refractivity contribution in [3.8, 4) is 0 Å². The fourth-order valence-electron chi connectivity index (χ4n) is 4.57. The highest BCUT2D eigenvalue weighted by Gasteiger charge is 2.48. The van der Waals surface area contributed by atoms with Crippen molar-refractivity contribution in [1.82, 2.24) is 19.5 Å². The van der Waals surface area contributed by atoms with Crippen molar-refractivity contribution in [2.45, 2.75) is 88.2 Å². The van der Waals surface area contributed by atoms with Gasteiger partial charge in [0.1, 0.15) is 42.4 Å². The molecular weight excluding hydrogens is 636 g/mol. The molecule has 0 amide bonds. The lowest BCUT2D eigenvalue weighted by molar-refractivity contribution is -0.156. The van der Waals surface area contributed by atoms with E-state index in [1.54, 1.807) is 0 Å². The summed E-state index contributed by atoms with van der Waals surface area (Å²) in [6.07, 6.45) is -6.81. The van der Waals surface area contributed by atoms with Crippen molar-refractivity contribution in [2.24, 2.45) is 0 Å². The number of anilines is 1. The molecule has 2 aromatic rings. The highest BCUT2D eigenvalue weighted by atomic mass is 31.3. The van der Waals surface area contributed by atoms with Gasteiger partial charge in [0.15, 0.2) is 30.1 Å².